The third kappa shape index (κ3) is 4.39. The second kappa shape index (κ2) is 7.54. The molecule has 0 unspecified atom stereocenters. The lowest BCUT2D eigenvalue weighted by Crippen LogP contribution is -2.40. The number of nitrogens with one attached hydrogen (secondary N) is 1. The standard InChI is InChI=1S/C18H22N4O2/c1-2-3-8-18(21-22-18)9-4-17(23)20-15-7-12-24-16(13-15)14-5-10-19-11-6-14/h1,5-6,10-11,15-16H,3-4,7-9,12-13H2,(H,20,23)/t15-,16+/m1/s1. The molecule has 2 aliphatic heterocycles. The summed E-state index contributed by atoms with van der Waals surface area (Å²) in [7, 11) is 0. The summed E-state index contributed by atoms with van der Waals surface area (Å²) < 4.78 is 5.82. The molecule has 2 atom stereocenters. The number of carbonyl (C=O) groups is 1. The van der Waals surface area contributed by atoms with Gasteiger partial charge < -0.3 is 10.1 Å². The molecule has 0 saturated carbocycles. The Hall–Kier alpha value is -2.26. The zero-order valence-corrected chi connectivity index (χ0v) is 13.6. The van der Waals surface area contributed by atoms with Crippen LogP contribution >= 0.6 is 0 Å². The molecule has 0 radical (unpaired) electrons. The van der Waals surface area contributed by atoms with Gasteiger partial charge in [0.25, 0.3) is 0 Å². The number of ether oxygens (including phenoxy) is 1. The van der Waals surface area contributed by atoms with Crippen molar-refractivity contribution in [3.05, 3.63) is 30.1 Å². The maximum absolute atomic E-state index is 12.2. The van der Waals surface area contributed by atoms with Crippen molar-refractivity contribution in [2.75, 3.05) is 6.61 Å². The van der Waals surface area contributed by atoms with E-state index in [1.54, 1.807) is 12.4 Å². The van der Waals surface area contributed by atoms with Gasteiger partial charge in [-0.25, -0.2) is 0 Å². The van der Waals surface area contributed by atoms with E-state index >= 15 is 0 Å². The quantitative estimate of drug-likeness (QED) is 0.783. The van der Waals surface area contributed by atoms with E-state index in [0.29, 0.717) is 25.9 Å². The molecule has 1 aromatic rings. The SMILES string of the molecule is C#CCCC1(CCC(=O)N[C@@H]2CCO[C@H](c3ccncc3)C2)N=N1. The molecule has 0 spiro atoms. The van der Waals surface area contributed by atoms with Crippen molar-refractivity contribution in [1.82, 2.24) is 10.3 Å². The van der Waals surface area contributed by atoms with E-state index in [1.807, 2.05) is 12.1 Å². The Bertz CT molecular complexity index is 632. The van der Waals surface area contributed by atoms with Gasteiger partial charge in [-0.15, -0.1) is 12.3 Å². The summed E-state index contributed by atoms with van der Waals surface area (Å²) in [5, 5.41) is 11.2. The van der Waals surface area contributed by atoms with Crippen molar-refractivity contribution in [3.63, 3.8) is 0 Å². The van der Waals surface area contributed by atoms with Crippen LogP contribution < -0.4 is 5.32 Å². The van der Waals surface area contributed by atoms with Gasteiger partial charge in [-0.1, -0.05) is 0 Å². The van der Waals surface area contributed by atoms with E-state index in [2.05, 4.69) is 26.4 Å². The van der Waals surface area contributed by atoms with Gasteiger partial charge in [0, 0.05) is 50.7 Å². The zero-order valence-electron chi connectivity index (χ0n) is 13.6. The summed E-state index contributed by atoms with van der Waals surface area (Å²) in [6.07, 6.45) is 12.9. The number of aromatic nitrogens is 1. The van der Waals surface area contributed by atoms with Gasteiger partial charge in [-0.2, -0.15) is 10.2 Å². The van der Waals surface area contributed by atoms with Crippen molar-refractivity contribution < 1.29 is 9.53 Å². The van der Waals surface area contributed by atoms with Crippen LogP contribution in [-0.4, -0.2) is 29.2 Å². The molecule has 1 aromatic heterocycles. The number of hydrogen-bond acceptors (Lipinski definition) is 5. The Kier molecular flexibility index (Phi) is 5.21. The lowest BCUT2D eigenvalue weighted by Gasteiger charge is -2.30. The first kappa shape index (κ1) is 16.6. The van der Waals surface area contributed by atoms with Gasteiger partial charge in [0.1, 0.15) is 0 Å². The highest BCUT2D eigenvalue weighted by molar-refractivity contribution is 5.76. The molecule has 3 rings (SSSR count). The molecule has 2 aliphatic rings. The van der Waals surface area contributed by atoms with Crippen LogP contribution in [0.1, 0.15) is 50.2 Å². The Labute approximate surface area is 142 Å². The molecular formula is C18H22N4O2. The fourth-order valence-electron chi connectivity index (χ4n) is 3.02. The van der Waals surface area contributed by atoms with Crippen molar-refractivity contribution in [2.24, 2.45) is 10.2 Å². The van der Waals surface area contributed by atoms with Crippen LogP contribution in [0.2, 0.25) is 0 Å². The van der Waals surface area contributed by atoms with E-state index in [-0.39, 0.29) is 23.7 Å². The maximum atomic E-state index is 12.2. The predicted molar refractivity (Wildman–Crippen MR) is 89.0 cm³/mol. The maximum Gasteiger partial charge on any atom is 0.220 e. The summed E-state index contributed by atoms with van der Waals surface area (Å²) in [5.74, 6) is 2.65. The fraction of sp³-hybridized carbons (Fsp3) is 0.556. The van der Waals surface area contributed by atoms with Crippen LogP contribution in [0.5, 0.6) is 0 Å². The molecule has 1 saturated heterocycles. The summed E-state index contributed by atoms with van der Waals surface area (Å²) in [6.45, 7) is 0.648. The molecule has 6 heteroatoms. The minimum atomic E-state index is -0.390. The first-order valence-corrected chi connectivity index (χ1v) is 8.39. The van der Waals surface area contributed by atoms with Gasteiger partial charge in [-0.3, -0.25) is 9.78 Å². The average Bonchev–Trinajstić information content (AvgIpc) is 3.40. The van der Waals surface area contributed by atoms with E-state index < -0.39 is 0 Å². The van der Waals surface area contributed by atoms with Crippen LogP contribution in [0, 0.1) is 12.3 Å². The Morgan fingerprint density at radius 3 is 2.88 bits per heavy atom. The molecular weight excluding hydrogens is 304 g/mol. The smallest absolute Gasteiger partial charge is 0.220 e. The highest BCUT2D eigenvalue weighted by Gasteiger charge is 2.39. The molecule has 1 amide bonds. The van der Waals surface area contributed by atoms with Gasteiger partial charge in [0.15, 0.2) is 5.66 Å². The molecule has 0 aromatic carbocycles. The van der Waals surface area contributed by atoms with Crippen LogP contribution in [0.15, 0.2) is 34.8 Å². The molecule has 1 N–H and O–H groups in total. The second-order valence-corrected chi connectivity index (χ2v) is 6.32. The monoisotopic (exact) mass is 326 g/mol. The van der Waals surface area contributed by atoms with Gasteiger partial charge in [0.05, 0.1) is 6.10 Å². The summed E-state index contributed by atoms with van der Waals surface area (Å²) >= 11 is 0. The minimum Gasteiger partial charge on any atom is -0.373 e. The molecule has 0 aliphatic carbocycles. The normalized spacial score (nSPS) is 24.1. The largest absolute Gasteiger partial charge is 0.373 e. The van der Waals surface area contributed by atoms with Crippen molar-refractivity contribution in [1.29, 1.82) is 0 Å². The second-order valence-electron chi connectivity index (χ2n) is 6.32. The number of carbonyl (C=O) groups excluding carboxylic acids is 1. The average molecular weight is 326 g/mol. The first-order valence-electron chi connectivity index (χ1n) is 8.39. The summed E-state index contributed by atoms with van der Waals surface area (Å²) in [4.78, 5) is 16.2. The Morgan fingerprint density at radius 1 is 1.38 bits per heavy atom. The topological polar surface area (TPSA) is 75.9 Å². The Balaban J connectivity index is 1.44. The van der Waals surface area contributed by atoms with Crippen LogP contribution in [0.4, 0.5) is 0 Å². The fourth-order valence-corrected chi connectivity index (χ4v) is 3.02. The molecule has 6 nitrogen and oxygen atoms in total. The van der Waals surface area contributed by atoms with Gasteiger partial charge in [-0.05, 0) is 30.5 Å². The number of terminal acetylenes is 1. The number of pyridine rings is 1. The number of rotatable bonds is 7. The number of hydrogen-bond donors (Lipinski definition) is 1. The first-order chi connectivity index (χ1) is 11.7. The highest BCUT2D eigenvalue weighted by Crippen LogP contribution is 2.37. The molecule has 1 fully saturated rings. The summed E-state index contributed by atoms with van der Waals surface area (Å²) in [5.41, 5.74) is 0.714. The molecule has 126 valence electrons. The van der Waals surface area contributed by atoms with E-state index in [1.165, 1.54) is 0 Å². The van der Waals surface area contributed by atoms with Gasteiger partial charge >= 0.3 is 0 Å². The van der Waals surface area contributed by atoms with Gasteiger partial charge in [0.2, 0.25) is 5.91 Å². The van der Waals surface area contributed by atoms with Crippen LogP contribution in [-0.2, 0) is 9.53 Å². The third-order valence-corrected chi connectivity index (χ3v) is 4.53. The summed E-state index contributed by atoms with van der Waals surface area (Å²) in [6, 6.07) is 4.06. The lowest BCUT2D eigenvalue weighted by atomic mass is 9.97. The lowest BCUT2D eigenvalue weighted by molar-refractivity contribution is -0.123. The number of nitrogens with zero attached hydrogens (tertiary/aromatic N) is 3. The van der Waals surface area contributed by atoms with Crippen LogP contribution in [0.25, 0.3) is 0 Å². The van der Waals surface area contributed by atoms with Crippen LogP contribution in [0.3, 0.4) is 0 Å². The minimum absolute atomic E-state index is 0.0162. The highest BCUT2D eigenvalue weighted by atomic mass is 16.5. The van der Waals surface area contributed by atoms with E-state index in [9.17, 15) is 4.79 Å². The van der Waals surface area contributed by atoms with Crippen molar-refractivity contribution in [2.45, 2.75) is 56.3 Å². The molecule has 3 heterocycles. The molecule has 24 heavy (non-hydrogen) atoms. The van der Waals surface area contributed by atoms with E-state index in [0.717, 1.165) is 24.8 Å². The third-order valence-electron chi connectivity index (χ3n) is 4.53. The zero-order chi connectivity index (χ0) is 16.8. The number of amides is 1. The van der Waals surface area contributed by atoms with E-state index in [4.69, 9.17) is 11.2 Å². The predicted octanol–water partition coefficient (Wildman–Crippen LogP) is 2.77. The Morgan fingerprint density at radius 2 is 2.17 bits per heavy atom. The molecule has 0 bridgehead atoms. The van der Waals surface area contributed by atoms with Crippen molar-refractivity contribution >= 4 is 5.91 Å². The van der Waals surface area contributed by atoms with Crippen molar-refractivity contribution in [3.8, 4) is 12.3 Å².